The van der Waals surface area contributed by atoms with Crippen LogP contribution < -0.4 is 5.73 Å². The molecule has 2 aromatic heterocycles. The molecule has 0 unspecified atom stereocenters. The zero-order valence-electron chi connectivity index (χ0n) is 21.3. The number of halogens is 1. The van der Waals surface area contributed by atoms with Gasteiger partial charge in [0, 0.05) is 18.5 Å². The fourth-order valence-corrected chi connectivity index (χ4v) is 4.30. The summed E-state index contributed by atoms with van der Waals surface area (Å²) in [6.07, 6.45) is 2.80. The Kier molecular flexibility index (Phi) is 8.68. The van der Waals surface area contributed by atoms with Crippen LogP contribution in [0.3, 0.4) is 0 Å². The van der Waals surface area contributed by atoms with Gasteiger partial charge < -0.3 is 15.0 Å². The van der Waals surface area contributed by atoms with Gasteiger partial charge in [-0.25, -0.2) is 4.98 Å². The Morgan fingerprint density at radius 3 is 2.51 bits per heavy atom. The van der Waals surface area contributed by atoms with E-state index in [0.717, 1.165) is 47.3 Å². The number of unbranched alkanes of at least 4 members (excludes halogenated alkanes) is 1. The Morgan fingerprint density at radius 2 is 1.86 bits per heavy atom. The third-order valence-electron chi connectivity index (χ3n) is 6.32. The van der Waals surface area contributed by atoms with E-state index in [1.165, 1.54) is 0 Å². The van der Waals surface area contributed by atoms with Gasteiger partial charge in [-0.05, 0) is 34.2 Å². The number of nitrogens with one attached hydrogen (secondary N) is 1. The van der Waals surface area contributed by atoms with Crippen LogP contribution in [-0.2, 0) is 29.1 Å². The summed E-state index contributed by atoms with van der Waals surface area (Å²) in [7, 11) is 0. The van der Waals surface area contributed by atoms with Crippen LogP contribution in [0.1, 0.15) is 50.7 Å². The van der Waals surface area contributed by atoms with Gasteiger partial charge in [0.05, 0.1) is 5.69 Å². The second-order valence-corrected chi connectivity index (χ2v) is 9.67. The van der Waals surface area contributed by atoms with Crippen molar-refractivity contribution in [2.75, 3.05) is 0 Å². The molecule has 0 aliphatic heterocycles. The number of ether oxygens (including phenoxy) is 1. The zero-order valence-corrected chi connectivity index (χ0v) is 22.1. The number of aromatic amines is 1. The van der Waals surface area contributed by atoms with E-state index in [2.05, 4.69) is 61.4 Å². The highest BCUT2D eigenvalue weighted by molar-refractivity contribution is 6.30. The van der Waals surface area contributed by atoms with Crippen molar-refractivity contribution in [2.45, 2.75) is 59.2 Å². The van der Waals surface area contributed by atoms with Crippen molar-refractivity contribution >= 4 is 17.6 Å². The summed E-state index contributed by atoms with van der Waals surface area (Å²) in [6.45, 7) is 6.48. The molecule has 0 saturated heterocycles. The van der Waals surface area contributed by atoms with Crippen LogP contribution in [0.5, 0.6) is 0 Å². The SMILES string of the molecule is CCCCc1nc(Cl)c(COC(=O)[C@@H](N)C(C)C)n1Cc1ccc(-c2ccccc2-c2nn[nH]n2)cc1. The van der Waals surface area contributed by atoms with Crippen LogP contribution in [0.4, 0.5) is 0 Å². The fourth-order valence-electron chi connectivity index (χ4n) is 4.04. The molecular weight excluding hydrogens is 490 g/mol. The largest absolute Gasteiger partial charge is 0.458 e. The average Bonchev–Trinajstić information content (AvgIpc) is 3.54. The number of esters is 1. The molecule has 0 amide bonds. The van der Waals surface area contributed by atoms with Gasteiger partial charge >= 0.3 is 5.97 Å². The van der Waals surface area contributed by atoms with Gasteiger partial charge in [-0.3, -0.25) is 4.79 Å². The molecule has 0 aliphatic rings. The molecule has 0 saturated carbocycles. The maximum Gasteiger partial charge on any atom is 0.323 e. The minimum absolute atomic E-state index is 0.0169. The number of carbonyl (C=O) groups is 1. The number of tetrazole rings is 1. The molecule has 194 valence electrons. The lowest BCUT2D eigenvalue weighted by Gasteiger charge is -2.16. The number of H-pyrrole nitrogens is 1. The van der Waals surface area contributed by atoms with Gasteiger partial charge in [-0.2, -0.15) is 5.21 Å². The van der Waals surface area contributed by atoms with Crippen molar-refractivity contribution in [1.29, 1.82) is 0 Å². The topological polar surface area (TPSA) is 125 Å². The highest BCUT2D eigenvalue weighted by atomic mass is 35.5. The molecule has 0 radical (unpaired) electrons. The summed E-state index contributed by atoms with van der Waals surface area (Å²) < 4.78 is 7.58. The van der Waals surface area contributed by atoms with Gasteiger partial charge in [0.2, 0.25) is 5.82 Å². The Balaban J connectivity index is 1.58. The first kappa shape index (κ1) is 26.5. The van der Waals surface area contributed by atoms with Crippen LogP contribution in [0.2, 0.25) is 5.15 Å². The highest BCUT2D eigenvalue weighted by Crippen LogP contribution is 2.30. The first-order chi connectivity index (χ1) is 17.9. The molecule has 4 aromatic rings. The summed E-state index contributed by atoms with van der Waals surface area (Å²) in [6, 6.07) is 15.5. The molecule has 2 heterocycles. The molecule has 0 spiro atoms. The lowest BCUT2D eigenvalue weighted by molar-refractivity contribution is -0.147. The first-order valence-corrected chi connectivity index (χ1v) is 12.8. The van der Waals surface area contributed by atoms with Gasteiger partial charge in [0.25, 0.3) is 0 Å². The Labute approximate surface area is 221 Å². The molecule has 0 fully saturated rings. The number of nitrogens with zero attached hydrogens (tertiary/aromatic N) is 5. The van der Waals surface area contributed by atoms with E-state index in [9.17, 15) is 4.79 Å². The monoisotopic (exact) mass is 521 g/mol. The van der Waals surface area contributed by atoms with Gasteiger partial charge in [-0.1, -0.05) is 87.3 Å². The van der Waals surface area contributed by atoms with E-state index < -0.39 is 12.0 Å². The van der Waals surface area contributed by atoms with E-state index >= 15 is 0 Å². The minimum atomic E-state index is -0.683. The molecule has 0 bridgehead atoms. The Morgan fingerprint density at radius 1 is 1.14 bits per heavy atom. The average molecular weight is 522 g/mol. The number of benzene rings is 2. The van der Waals surface area contributed by atoms with Crippen molar-refractivity contribution < 1.29 is 9.53 Å². The fraction of sp³-hybridized carbons (Fsp3) is 0.370. The number of rotatable bonds is 11. The van der Waals surface area contributed by atoms with Crippen LogP contribution in [0, 0.1) is 5.92 Å². The number of carbonyl (C=O) groups excluding carboxylic acids is 1. The summed E-state index contributed by atoms with van der Waals surface area (Å²) in [5, 5.41) is 14.8. The number of hydrogen-bond donors (Lipinski definition) is 2. The predicted octanol–water partition coefficient (Wildman–Crippen LogP) is 4.80. The van der Waals surface area contributed by atoms with Crippen molar-refractivity contribution in [1.82, 2.24) is 30.2 Å². The van der Waals surface area contributed by atoms with E-state index in [1.54, 1.807) is 0 Å². The number of hydrogen-bond acceptors (Lipinski definition) is 7. The summed E-state index contributed by atoms with van der Waals surface area (Å²) in [4.78, 5) is 17.0. The highest BCUT2D eigenvalue weighted by Gasteiger charge is 2.22. The van der Waals surface area contributed by atoms with E-state index in [4.69, 9.17) is 22.1 Å². The maximum absolute atomic E-state index is 12.4. The van der Waals surface area contributed by atoms with Crippen LogP contribution in [0.15, 0.2) is 48.5 Å². The van der Waals surface area contributed by atoms with Gasteiger partial charge in [0.1, 0.15) is 18.5 Å². The molecule has 0 aliphatic carbocycles. The van der Waals surface area contributed by atoms with E-state index in [-0.39, 0.29) is 12.5 Å². The second-order valence-electron chi connectivity index (χ2n) is 9.31. The second kappa shape index (κ2) is 12.1. The number of aromatic nitrogens is 6. The molecule has 2 aromatic carbocycles. The smallest absolute Gasteiger partial charge is 0.323 e. The van der Waals surface area contributed by atoms with E-state index in [0.29, 0.717) is 23.2 Å². The number of aryl methyl sites for hydroxylation is 1. The Hall–Kier alpha value is -3.56. The molecule has 9 nitrogen and oxygen atoms in total. The van der Waals surface area contributed by atoms with Gasteiger partial charge in [0.15, 0.2) is 5.15 Å². The van der Waals surface area contributed by atoms with Crippen molar-refractivity contribution in [2.24, 2.45) is 11.7 Å². The number of nitrogens with two attached hydrogens (primary N) is 1. The quantitative estimate of drug-likeness (QED) is 0.271. The van der Waals surface area contributed by atoms with Crippen molar-refractivity contribution in [3.63, 3.8) is 0 Å². The molecule has 37 heavy (non-hydrogen) atoms. The number of imidazole rings is 1. The van der Waals surface area contributed by atoms with Crippen molar-refractivity contribution in [3.05, 3.63) is 70.8 Å². The summed E-state index contributed by atoms with van der Waals surface area (Å²) in [5.41, 5.74) is 10.6. The van der Waals surface area contributed by atoms with Crippen molar-refractivity contribution in [3.8, 4) is 22.5 Å². The normalized spacial score (nSPS) is 12.2. The van der Waals surface area contributed by atoms with Gasteiger partial charge in [-0.15, -0.1) is 10.2 Å². The van der Waals surface area contributed by atoms with Crippen LogP contribution in [-0.4, -0.2) is 42.2 Å². The zero-order chi connectivity index (χ0) is 26.4. The van der Waals surface area contributed by atoms with Crippen LogP contribution in [0.25, 0.3) is 22.5 Å². The standard InChI is InChI=1S/C27H32ClN7O2/c1-4-5-10-23-30-25(28)22(16-37-27(36)24(29)17(2)3)35(23)15-18-11-13-19(14-12-18)20-8-6-7-9-21(20)26-31-33-34-32-26/h6-9,11-14,17,24H,4-5,10,15-16,29H2,1-3H3,(H,31,32,33,34)/t24-/m0/s1. The molecule has 10 heteroatoms. The third-order valence-corrected chi connectivity index (χ3v) is 6.62. The summed E-state index contributed by atoms with van der Waals surface area (Å²) >= 11 is 6.52. The lowest BCUT2D eigenvalue weighted by Crippen LogP contribution is -2.37. The maximum atomic E-state index is 12.4. The molecular formula is C27H32ClN7O2. The summed E-state index contributed by atoms with van der Waals surface area (Å²) in [5.74, 6) is 0.956. The first-order valence-electron chi connectivity index (χ1n) is 12.5. The molecule has 3 N–H and O–H groups in total. The van der Waals surface area contributed by atoms with Crippen LogP contribution >= 0.6 is 11.6 Å². The minimum Gasteiger partial charge on any atom is -0.458 e. The van der Waals surface area contributed by atoms with E-state index in [1.807, 2.05) is 38.1 Å². The molecule has 4 rings (SSSR count). The Bertz CT molecular complexity index is 1320. The third kappa shape index (κ3) is 6.23. The lowest BCUT2D eigenvalue weighted by atomic mass is 9.98. The predicted molar refractivity (Wildman–Crippen MR) is 143 cm³/mol. The molecule has 1 atom stereocenters.